The molecule has 0 saturated carbocycles. The number of hydrogen-bond donors (Lipinski definition) is 1. The second-order valence-corrected chi connectivity index (χ2v) is 4.51. The van der Waals surface area contributed by atoms with Gasteiger partial charge in [0, 0.05) is 12.1 Å². The number of carboxylic acids is 1. The predicted octanol–water partition coefficient (Wildman–Crippen LogP) is 2.39. The van der Waals surface area contributed by atoms with Crippen LogP contribution in [0.5, 0.6) is 0 Å². The Hall–Kier alpha value is -1.98. The van der Waals surface area contributed by atoms with Gasteiger partial charge in [-0.3, -0.25) is 9.59 Å². The maximum absolute atomic E-state index is 13.6. The van der Waals surface area contributed by atoms with E-state index in [0.29, 0.717) is 6.42 Å². The molecule has 0 radical (unpaired) electrons. The van der Waals surface area contributed by atoms with Crippen LogP contribution in [-0.2, 0) is 9.59 Å². The third-order valence-electron chi connectivity index (χ3n) is 2.93. The van der Waals surface area contributed by atoms with Crippen LogP contribution in [0.2, 0.25) is 0 Å². The number of aliphatic carboxylic acids is 1. The molecule has 1 atom stereocenters. The maximum atomic E-state index is 13.6. The number of carbonyl (C=O) groups excluding carboxylic acids is 1. The van der Waals surface area contributed by atoms with E-state index in [4.69, 9.17) is 5.11 Å². The Bertz CT molecular complexity index is 485. The fourth-order valence-corrected chi connectivity index (χ4v) is 2.02. The Balaban J connectivity index is 3.01. The first-order valence-electron chi connectivity index (χ1n) is 6.33. The highest BCUT2D eigenvalue weighted by molar-refractivity contribution is 5.86. The van der Waals surface area contributed by atoms with Gasteiger partial charge in [-0.1, -0.05) is 13.0 Å². The second kappa shape index (κ2) is 6.98. The van der Waals surface area contributed by atoms with E-state index < -0.39 is 36.0 Å². The van der Waals surface area contributed by atoms with Crippen LogP contribution in [0, 0.1) is 11.6 Å². The summed E-state index contributed by atoms with van der Waals surface area (Å²) in [7, 11) is 0. The van der Waals surface area contributed by atoms with Crippen molar-refractivity contribution in [3.63, 3.8) is 0 Å². The van der Waals surface area contributed by atoms with Crippen LogP contribution in [0.25, 0.3) is 0 Å². The topological polar surface area (TPSA) is 57.6 Å². The Morgan fingerprint density at radius 1 is 1.30 bits per heavy atom. The number of carboxylic acid groups (broad SMARTS) is 1. The van der Waals surface area contributed by atoms with Crippen molar-refractivity contribution in [3.05, 3.63) is 35.4 Å². The molecule has 0 saturated heterocycles. The fraction of sp³-hybridized carbons (Fsp3) is 0.429. The molecule has 4 nitrogen and oxygen atoms in total. The minimum Gasteiger partial charge on any atom is -0.480 e. The number of carbonyl (C=O) groups is 2. The average molecular weight is 285 g/mol. The molecule has 0 bridgehead atoms. The average Bonchev–Trinajstić information content (AvgIpc) is 2.36. The minimum atomic E-state index is -1.16. The molecule has 0 heterocycles. The largest absolute Gasteiger partial charge is 0.480 e. The van der Waals surface area contributed by atoms with E-state index in [9.17, 15) is 18.4 Å². The Morgan fingerprint density at radius 2 is 1.85 bits per heavy atom. The highest BCUT2D eigenvalue weighted by Crippen LogP contribution is 2.24. The van der Waals surface area contributed by atoms with Crippen LogP contribution < -0.4 is 0 Å². The van der Waals surface area contributed by atoms with Gasteiger partial charge in [0.25, 0.3) is 0 Å². The van der Waals surface area contributed by atoms with Crippen molar-refractivity contribution in [2.75, 3.05) is 13.1 Å². The van der Waals surface area contributed by atoms with Gasteiger partial charge in [0.05, 0.1) is 5.92 Å². The van der Waals surface area contributed by atoms with Gasteiger partial charge in [-0.2, -0.15) is 0 Å². The van der Waals surface area contributed by atoms with Crippen molar-refractivity contribution in [2.24, 2.45) is 0 Å². The van der Waals surface area contributed by atoms with E-state index in [0.717, 1.165) is 17.0 Å². The van der Waals surface area contributed by atoms with Crippen molar-refractivity contribution >= 4 is 11.9 Å². The summed E-state index contributed by atoms with van der Waals surface area (Å²) in [6.07, 6.45) is 0.561. The molecule has 1 unspecified atom stereocenters. The maximum Gasteiger partial charge on any atom is 0.323 e. The molecule has 1 aromatic rings. The predicted molar refractivity (Wildman–Crippen MR) is 69.3 cm³/mol. The van der Waals surface area contributed by atoms with E-state index >= 15 is 0 Å². The summed E-state index contributed by atoms with van der Waals surface area (Å²) in [5, 5.41) is 8.78. The molecule has 6 heteroatoms. The van der Waals surface area contributed by atoms with Gasteiger partial charge in [0.15, 0.2) is 0 Å². The number of rotatable bonds is 6. The molecule has 0 fully saturated rings. The van der Waals surface area contributed by atoms with Crippen LogP contribution in [0.3, 0.4) is 0 Å². The number of benzene rings is 1. The van der Waals surface area contributed by atoms with E-state index in [2.05, 4.69) is 0 Å². The SMILES string of the molecule is CCCN(CC(=O)O)C(=O)C(C)c1c(F)cccc1F. The van der Waals surface area contributed by atoms with Crippen molar-refractivity contribution < 1.29 is 23.5 Å². The zero-order chi connectivity index (χ0) is 15.3. The zero-order valence-electron chi connectivity index (χ0n) is 11.4. The first-order chi connectivity index (χ1) is 9.38. The van der Waals surface area contributed by atoms with E-state index in [1.165, 1.54) is 13.0 Å². The molecule has 110 valence electrons. The van der Waals surface area contributed by atoms with Gasteiger partial charge in [0.2, 0.25) is 5.91 Å². The summed E-state index contributed by atoms with van der Waals surface area (Å²) in [5.41, 5.74) is -0.330. The second-order valence-electron chi connectivity index (χ2n) is 4.51. The van der Waals surface area contributed by atoms with Crippen LogP contribution in [0.1, 0.15) is 31.7 Å². The number of halogens is 2. The highest BCUT2D eigenvalue weighted by Gasteiger charge is 2.27. The Kier molecular flexibility index (Phi) is 5.61. The summed E-state index contributed by atoms with van der Waals surface area (Å²) in [5.74, 6) is -4.44. The molecule has 0 aliphatic heterocycles. The van der Waals surface area contributed by atoms with Gasteiger partial charge in [-0.15, -0.1) is 0 Å². The van der Waals surface area contributed by atoms with Crippen molar-refractivity contribution in [2.45, 2.75) is 26.2 Å². The molecule has 1 rings (SSSR count). The number of hydrogen-bond acceptors (Lipinski definition) is 2. The Labute approximate surface area is 116 Å². The fourth-order valence-electron chi connectivity index (χ4n) is 2.02. The summed E-state index contributed by atoms with van der Waals surface area (Å²) >= 11 is 0. The van der Waals surface area contributed by atoms with Crippen LogP contribution in [0.4, 0.5) is 8.78 Å². The summed E-state index contributed by atoms with van der Waals surface area (Å²) in [6.45, 7) is 2.91. The third kappa shape index (κ3) is 3.76. The van der Waals surface area contributed by atoms with Gasteiger partial charge in [-0.25, -0.2) is 8.78 Å². The lowest BCUT2D eigenvalue weighted by Gasteiger charge is -2.24. The monoisotopic (exact) mass is 285 g/mol. The molecule has 0 aromatic heterocycles. The molecule has 0 aliphatic rings. The van der Waals surface area contributed by atoms with Crippen molar-refractivity contribution in [1.29, 1.82) is 0 Å². The molecule has 0 spiro atoms. The zero-order valence-corrected chi connectivity index (χ0v) is 11.4. The first-order valence-corrected chi connectivity index (χ1v) is 6.33. The van der Waals surface area contributed by atoms with Crippen molar-refractivity contribution in [3.8, 4) is 0 Å². The molecule has 1 amide bonds. The lowest BCUT2D eigenvalue weighted by Crippen LogP contribution is -2.39. The minimum absolute atomic E-state index is 0.228. The lowest BCUT2D eigenvalue weighted by atomic mass is 9.98. The highest BCUT2D eigenvalue weighted by atomic mass is 19.1. The molecule has 1 aromatic carbocycles. The lowest BCUT2D eigenvalue weighted by molar-refractivity contribution is -0.145. The van der Waals surface area contributed by atoms with Gasteiger partial charge < -0.3 is 10.0 Å². The van der Waals surface area contributed by atoms with Crippen molar-refractivity contribution in [1.82, 2.24) is 4.90 Å². The van der Waals surface area contributed by atoms with E-state index in [-0.39, 0.29) is 12.1 Å². The summed E-state index contributed by atoms with van der Waals surface area (Å²) in [4.78, 5) is 24.0. The van der Waals surface area contributed by atoms with Crippen LogP contribution in [-0.4, -0.2) is 35.0 Å². The first kappa shape index (κ1) is 16.1. The van der Waals surface area contributed by atoms with Gasteiger partial charge in [0.1, 0.15) is 18.2 Å². The Morgan fingerprint density at radius 3 is 2.30 bits per heavy atom. The molecular weight excluding hydrogens is 268 g/mol. The molecule has 0 aliphatic carbocycles. The smallest absolute Gasteiger partial charge is 0.323 e. The number of amides is 1. The standard InChI is InChI=1S/C14H17F2NO3/c1-3-7-17(8-12(18)19)14(20)9(2)13-10(15)5-4-6-11(13)16/h4-6,9H,3,7-8H2,1-2H3,(H,18,19). The third-order valence-corrected chi connectivity index (χ3v) is 2.93. The van der Waals surface area contributed by atoms with Gasteiger partial charge in [-0.05, 0) is 25.5 Å². The molecule has 20 heavy (non-hydrogen) atoms. The summed E-state index contributed by atoms with van der Waals surface area (Å²) in [6, 6.07) is 3.36. The molecular formula is C14H17F2NO3. The summed E-state index contributed by atoms with van der Waals surface area (Å²) < 4.78 is 27.3. The van der Waals surface area contributed by atoms with Crippen LogP contribution >= 0.6 is 0 Å². The molecule has 1 N–H and O–H groups in total. The van der Waals surface area contributed by atoms with E-state index in [1.807, 2.05) is 0 Å². The number of nitrogens with zero attached hydrogens (tertiary/aromatic N) is 1. The normalized spacial score (nSPS) is 12.0. The van der Waals surface area contributed by atoms with Crippen LogP contribution in [0.15, 0.2) is 18.2 Å². The van der Waals surface area contributed by atoms with E-state index in [1.54, 1.807) is 6.92 Å². The quantitative estimate of drug-likeness (QED) is 0.873. The van der Waals surface area contributed by atoms with Gasteiger partial charge >= 0.3 is 5.97 Å².